The van der Waals surface area contributed by atoms with Crippen LogP contribution in [0.3, 0.4) is 0 Å². The predicted molar refractivity (Wildman–Crippen MR) is 60.4 cm³/mol. The van der Waals surface area contributed by atoms with Crippen LogP contribution < -0.4 is 5.32 Å². The van der Waals surface area contributed by atoms with Crippen LogP contribution in [0.4, 0.5) is 0 Å². The molecule has 0 saturated heterocycles. The van der Waals surface area contributed by atoms with Crippen LogP contribution in [0.15, 0.2) is 32.7 Å². The van der Waals surface area contributed by atoms with Gasteiger partial charge >= 0.3 is 0 Å². The van der Waals surface area contributed by atoms with Crippen LogP contribution in [0, 0.1) is 5.92 Å². The summed E-state index contributed by atoms with van der Waals surface area (Å²) >= 11 is 8.14. The first kappa shape index (κ1) is 9.27. The van der Waals surface area contributed by atoms with Crippen molar-refractivity contribution in [1.29, 1.82) is 0 Å². The molecule has 0 amide bonds. The van der Waals surface area contributed by atoms with Crippen molar-refractivity contribution in [1.82, 2.24) is 5.32 Å². The van der Waals surface area contributed by atoms with Crippen LogP contribution in [0.1, 0.15) is 6.42 Å². The van der Waals surface area contributed by atoms with Crippen molar-refractivity contribution < 1.29 is 4.79 Å². The second kappa shape index (κ2) is 3.46. The van der Waals surface area contributed by atoms with Gasteiger partial charge in [0.1, 0.15) is 0 Å². The van der Waals surface area contributed by atoms with Crippen molar-refractivity contribution in [3.05, 3.63) is 32.7 Å². The molecular weight excluding hydrogens is 300 g/mol. The monoisotopic (exact) mass is 307 g/mol. The van der Waals surface area contributed by atoms with Gasteiger partial charge in [-0.15, -0.1) is 0 Å². The van der Waals surface area contributed by atoms with Crippen molar-refractivity contribution in [3.63, 3.8) is 0 Å². The summed E-state index contributed by atoms with van der Waals surface area (Å²) in [6, 6.07) is 0. The number of carbonyl (C=O) groups is 1. The Morgan fingerprint density at radius 1 is 1.62 bits per heavy atom. The van der Waals surface area contributed by atoms with E-state index in [4.69, 9.17) is 11.6 Å². The average molecular weight is 308 g/mol. The molecule has 2 aliphatic rings. The Balaban J connectivity index is 2.38. The molecule has 2 nitrogen and oxygen atoms in total. The third-order valence-corrected chi connectivity index (χ3v) is 3.82. The normalized spacial score (nSPS) is 26.8. The van der Waals surface area contributed by atoms with Gasteiger partial charge in [-0.2, -0.15) is 0 Å². The van der Waals surface area contributed by atoms with Gasteiger partial charge in [0.2, 0.25) is 0 Å². The molecule has 1 atom stereocenters. The van der Waals surface area contributed by atoms with E-state index in [-0.39, 0.29) is 11.7 Å². The topological polar surface area (TPSA) is 29.1 Å². The SMILES string of the molecule is O=C1C=CNC2=CC(Cl)=C(I)CC12. The number of hydrogen-bond acceptors (Lipinski definition) is 2. The third-order valence-electron chi connectivity index (χ3n) is 2.14. The number of allylic oxidation sites excluding steroid dienone is 5. The van der Waals surface area contributed by atoms with Gasteiger partial charge in [-0.05, 0) is 41.2 Å². The largest absolute Gasteiger partial charge is 0.364 e. The number of rotatable bonds is 0. The molecule has 0 bridgehead atoms. The molecule has 1 heterocycles. The lowest BCUT2D eigenvalue weighted by molar-refractivity contribution is -0.117. The Labute approximate surface area is 94.9 Å². The maximum Gasteiger partial charge on any atom is 0.166 e. The first-order valence-corrected chi connectivity index (χ1v) is 5.37. The number of carbonyl (C=O) groups excluding carboxylic acids is 1. The maximum atomic E-state index is 11.4. The molecule has 68 valence electrons. The van der Waals surface area contributed by atoms with Crippen molar-refractivity contribution in [2.45, 2.75) is 6.42 Å². The van der Waals surface area contributed by atoms with Gasteiger partial charge in [0.25, 0.3) is 0 Å². The fourth-order valence-corrected chi connectivity index (χ4v) is 2.23. The summed E-state index contributed by atoms with van der Waals surface area (Å²) in [6.45, 7) is 0. The Bertz CT molecular complexity index is 357. The van der Waals surface area contributed by atoms with Gasteiger partial charge in [-0.1, -0.05) is 11.6 Å². The molecule has 0 aromatic heterocycles. The molecule has 0 radical (unpaired) electrons. The molecule has 0 aromatic carbocycles. The van der Waals surface area contributed by atoms with Crippen LogP contribution >= 0.6 is 34.2 Å². The van der Waals surface area contributed by atoms with Crippen molar-refractivity contribution in [2.75, 3.05) is 0 Å². The lowest BCUT2D eigenvalue weighted by Gasteiger charge is -2.25. The predicted octanol–water partition coefficient (Wildman–Crippen LogP) is 2.46. The Hall–Kier alpha value is -0.290. The van der Waals surface area contributed by atoms with Gasteiger partial charge < -0.3 is 5.32 Å². The van der Waals surface area contributed by atoms with E-state index in [1.807, 2.05) is 6.08 Å². The summed E-state index contributed by atoms with van der Waals surface area (Å²) in [6.07, 6.45) is 5.79. The van der Waals surface area contributed by atoms with Gasteiger partial charge in [0.05, 0.1) is 11.0 Å². The minimum Gasteiger partial charge on any atom is -0.364 e. The maximum absolute atomic E-state index is 11.4. The zero-order valence-electron chi connectivity index (χ0n) is 6.68. The van der Waals surface area contributed by atoms with E-state index in [0.717, 1.165) is 20.7 Å². The van der Waals surface area contributed by atoms with Crippen LogP contribution in [0.2, 0.25) is 0 Å². The summed E-state index contributed by atoms with van der Waals surface area (Å²) in [7, 11) is 0. The highest BCUT2D eigenvalue weighted by Gasteiger charge is 2.28. The summed E-state index contributed by atoms with van der Waals surface area (Å²) in [4.78, 5) is 11.4. The molecule has 2 rings (SSSR count). The fraction of sp³-hybridized carbons (Fsp3) is 0.222. The van der Waals surface area contributed by atoms with Crippen LogP contribution in [0.5, 0.6) is 0 Å². The minimum atomic E-state index is -0.0422. The van der Waals surface area contributed by atoms with E-state index in [9.17, 15) is 4.79 Å². The zero-order chi connectivity index (χ0) is 9.42. The molecule has 4 heteroatoms. The van der Waals surface area contributed by atoms with E-state index in [2.05, 4.69) is 27.9 Å². The second-order valence-electron chi connectivity index (χ2n) is 2.99. The fourth-order valence-electron chi connectivity index (χ4n) is 1.43. The summed E-state index contributed by atoms with van der Waals surface area (Å²) in [5, 5.41) is 3.78. The van der Waals surface area contributed by atoms with E-state index < -0.39 is 0 Å². The molecule has 0 aromatic rings. The molecular formula is C9H7ClINO. The van der Waals surface area contributed by atoms with E-state index >= 15 is 0 Å². The average Bonchev–Trinajstić information content (AvgIpc) is 2.09. The molecule has 0 fully saturated rings. The first-order chi connectivity index (χ1) is 6.18. The summed E-state index contributed by atoms with van der Waals surface area (Å²) in [5.41, 5.74) is 0.915. The van der Waals surface area contributed by atoms with Crippen molar-refractivity contribution in [2.24, 2.45) is 5.92 Å². The molecule has 1 aliphatic carbocycles. The minimum absolute atomic E-state index is 0.0422. The highest BCUT2D eigenvalue weighted by Crippen LogP contribution is 2.35. The van der Waals surface area contributed by atoms with Gasteiger partial charge in [-0.25, -0.2) is 0 Å². The summed E-state index contributed by atoms with van der Waals surface area (Å²) in [5.74, 6) is 0.114. The number of hydrogen-bond donors (Lipinski definition) is 1. The van der Waals surface area contributed by atoms with E-state index in [0.29, 0.717) is 0 Å². The van der Waals surface area contributed by atoms with E-state index in [1.165, 1.54) is 0 Å². The van der Waals surface area contributed by atoms with Crippen molar-refractivity contribution in [3.8, 4) is 0 Å². The van der Waals surface area contributed by atoms with Crippen LogP contribution in [-0.4, -0.2) is 5.78 Å². The smallest absolute Gasteiger partial charge is 0.166 e. The summed E-state index contributed by atoms with van der Waals surface area (Å²) < 4.78 is 1.05. The molecule has 0 spiro atoms. The lowest BCUT2D eigenvalue weighted by Crippen LogP contribution is -2.28. The number of fused-ring (bicyclic) bond motifs is 1. The standard InChI is InChI=1S/C9H7ClINO/c10-6-4-8-5(3-7(6)11)9(13)1-2-12-8/h1-2,4-5,12H,3H2. The quantitative estimate of drug-likeness (QED) is 0.697. The molecule has 0 saturated carbocycles. The Morgan fingerprint density at radius 2 is 2.38 bits per heavy atom. The third kappa shape index (κ3) is 1.67. The first-order valence-electron chi connectivity index (χ1n) is 3.91. The van der Waals surface area contributed by atoms with Gasteiger partial charge in [0, 0.05) is 15.5 Å². The van der Waals surface area contributed by atoms with Gasteiger partial charge in [-0.3, -0.25) is 4.79 Å². The Morgan fingerprint density at radius 3 is 3.15 bits per heavy atom. The number of nitrogens with one attached hydrogen (secondary N) is 1. The Kier molecular flexibility index (Phi) is 2.47. The van der Waals surface area contributed by atoms with Crippen LogP contribution in [0.25, 0.3) is 0 Å². The molecule has 1 unspecified atom stereocenters. The second-order valence-corrected chi connectivity index (χ2v) is 4.70. The molecule has 1 N–H and O–H groups in total. The molecule has 13 heavy (non-hydrogen) atoms. The zero-order valence-corrected chi connectivity index (χ0v) is 9.59. The number of halogens is 2. The van der Waals surface area contributed by atoms with Gasteiger partial charge in [0.15, 0.2) is 5.78 Å². The number of ketones is 1. The highest BCUT2D eigenvalue weighted by molar-refractivity contribution is 14.1. The molecule has 1 aliphatic heterocycles. The van der Waals surface area contributed by atoms with Crippen LogP contribution in [-0.2, 0) is 4.79 Å². The van der Waals surface area contributed by atoms with E-state index in [1.54, 1.807) is 12.3 Å². The van der Waals surface area contributed by atoms with Crippen molar-refractivity contribution >= 4 is 40.0 Å². The lowest BCUT2D eigenvalue weighted by atomic mass is 9.90. The highest BCUT2D eigenvalue weighted by atomic mass is 127.